The predicted molar refractivity (Wildman–Crippen MR) is 122 cm³/mol. The smallest absolute Gasteiger partial charge is 0.383 e. The molecule has 0 spiro atoms. The SMILES string of the molecule is CCC1(CC(C)C)CN(c2ccc(C(F)(F)F)c(C(=N)c3cccnc3N)n2)CCC1C. The van der Waals surface area contributed by atoms with E-state index in [9.17, 15) is 13.2 Å². The maximum atomic E-state index is 13.8. The molecular formula is C24H32F3N5. The molecule has 1 aliphatic rings. The van der Waals surface area contributed by atoms with Crippen LogP contribution in [0.25, 0.3) is 0 Å². The molecule has 1 aliphatic heterocycles. The lowest BCUT2D eigenvalue weighted by molar-refractivity contribution is -0.137. The average Bonchev–Trinajstić information content (AvgIpc) is 2.74. The second-order valence-electron chi connectivity index (χ2n) is 9.30. The molecular weight excluding hydrogens is 415 g/mol. The second kappa shape index (κ2) is 9.08. The Kier molecular flexibility index (Phi) is 6.81. The molecule has 2 unspecified atom stereocenters. The molecule has 174 valence electrons. The number of halogens is 3. The third-order valence-electron chi connectivity index (χ3n) is 6.76. The molecule has 8 heteroatoms. The lowest BCUT2D eigenvalue weighted by atomic mass is 9.66. The average molecular weight is 448 g/mol. The Hall–Kier alpha value is -2.64. The molecule has 32 heavy (non-hydrogen) atoms. The van der Waals surface area contributed by atoms with Gasteiger partial charge in [0.15, 0.2) is 0 Å². The molecule has 3 heterocycles. The van der Waals surface area contributed by atoms with Gasteiger partial charge in [0.05, 0.1) is 11.3 Å². The molecule has 0 aromatic carbocycles. The van der Waals surface area contributed by atoms with Crippen LogP contribution >= 0.6 is 0 Å². The Bertz CT molecular complexity index is 972. The number of nitrogen functional groups attached to an aromatic ring is 1. The zero-order valence-electron chi connectivity index (χ0n) is 19.1. The zero-order valence-corrected chi connectivity index (χ0v) is 19.1. The van der Waals surface area contributed by atoms with Gasteiger partial charge in [0.2, 0.25) is 0 Å². The highest BCUT2D eigenvalue weighted by molar-refractivity contribution is 6.13. The summed E-state index contributed by atoms with van der Waals surface area (Å²) in [6.07, 6.45) is -0.194. The van der Waals surface area contributed by atoms with E-state index in [1.165, 1.54) is 18.3 Å². The van der Waals surface area contributed by atoms with Crippen molar-refractivity contribution in [3.8, 4) is 0 Å². The molecule has 3 N–H and O–H groups in total. The van der Waals surface area contributed by atoms with Gasteiger partial charge in [-0.2, -0.15) is 13.2 Å². The molecule has 1 saturated heterocycles. The lowest BCUT2D eigenvalue weighted by Gasteiger charge is -2.48. The summed E-state index contributed by atoms with van der Waals surface area (Å²) in [6.45, 7) is 10.3. The van der Waals surface area contributed by atoms with E-state index in [-0.39, 0.29) is 22.5 Å². The molecule has 0 amide bonds. The number of nitrogens with one attached hydrogen (secondary N) is 1. The Labute approximate surface area is 187 Å². The van der Waals surface area contributed by atoms with Crippen molar-refractivity contribution in [2.45, 2.75) is 53.1 Å². The van der Waals surface area contributed by atoms with Crippen LogP contribution in [0.15, 0.2) is 30.5 Å². The largest absolute Gasteiger partial charge is 0.418 e. The molecule has 0 bridgehead atoms. The van der Waals surface area contributed by atoms with Gasteiger partial charge in [0.1, 0.15) is 17.3 Å². The number of anilines is 2. The third kappa shape index (κ3) is 4.74. The summed E-state index contributed by atoms with van der Waals surface area (Å²) in [5.74, 6) is 1.52. The molecule has 3 rings (SSSR count). The van der Waals surface area contributed by atoms with Crippen LogP contribution in [0.4, 0.5) is 24.8 Å². The first-order chi connectivity index (χ1) is 15.0. The first-order valence-electron chi connectivity index (χ1n) is 11.1. The number of hydrogen-bond donors (Lipinski definition) is 2. The minimum absolute atomic E-state index is 0.00607. The van der Waals surface area contributed by atoms with Crippen molar-refractivity contribution in [3.05, 3.63) is 47.3 Å². The summed E-state index contributed by atoms with van der Waals surface area (Å²) in [5, 5.41) is 8.48. The van der Waals surface area contributed by atoms with E-state index in [1.807, 2.05) is 0 Å². The summed E-state index contributed by atoms with van der Waals surface area (Å²) in [5.41, 5.74) is 4.33. The summed E-state index contributed by atoms with van der Waals surface area (Å²) in [7, 11) is 0. The minimum Gasteiger partial charge on any atom is -0.383 e. The van der Waals surface area contributed by atoms with E-state index in [2.05, 4.69) is 42.6 Å². The minimum atomic E-state index is -4.63. The zero-order chi connectivity index (χ0) is 23.7. The van der Waals surface area contributed by atoms with Crippen LogP contribution in [-0.4, -0.2) is 28.8 Å². The van der Waals surface area contributed by atoms with E-state index in [1.54, 1.807) is 6.07 Å². The van der Waals surface area contributed by atoms with Crippen molar-refractivity contribution >= 4 is 17.3 Å². The molecule has 2 aromatic heterocycles. The molecule has 5 nitrogen and oxygen atoms in total. The van der Waals surface area contributed by atoms with Crippen molar-refractivity contribution < 1.29 is 13.2 Å². The number of rotatable bonds is 6. The van der Waals surface area contributed by atoms with Crippen molar-refractivity contribution in [2.75, 3.05) is 23.7 Å². The second-order valence-corrected chi connectivity index (χ2v) is 9.30. The normalized spacial score (nSPS) is 21.8. The van der Waals surface area contributed by atoms with Gasteiger partial charge in [-0.15, -0.1) is 0 Å². The van der Waals surface area contributed by atoms with Crippen LogP contribution < -0.4 is 10.6 Å². The lowest BCUT2D eigenvalue weighted by Crippen LogP contribution is -2.49. The van der Waals surface area contributed by atoms with E-state index >= 15 is 0 Å². The number of alkyl halides is 3. The topological polar surface area (TPSA) is 78.9 Å². The maximum Gasteiger partial charge on any atom is 0.418 e. The first kappa shape index (κ1) is 24.0. The fraction of sp³-hybridized carbons (Fsp3) is 0.542. The van der Waals surface area contributed by atoms with Gasteiger partial charge < -0.3 is 10.6 Å². The Morgan fingerprint density at radius 1 is 1.31 bits per heavy atom. The standard InChI is InChI=1S/C24H32F3N5/c1-5-23(13-15(2)3)14-32(12-10-16(23)4)19-9-8-18(24(25,26)27)21(31-19)20(28)17-7-6-11-30-22(17)29/h6-9,11,15-16,28H,5,10,12-14H2,1-4H3,(H2,29,30). The third-order valence-corrected chi connectivity index (χ3v) is 6.76. The Morgan fingerprint density at radius 3 is 2.62 bits per heavy atom. The Morgan fingerprint density at radius 2 is 2.03 bits per heavy atom. The van der Waals surface area contributed by atoms with Crippen LogP contribution in [0, 0.1) is 22.7 Å². The van der Waals surface area contributed by atoms with Gasteiger partial charge >= 0.3 is 6.18 Å². The maximum absolute atomic E-state index is 13.8. The number of pyridine rings is 2. The van der Waals surface area contributed by atoms with Gasteiger partial charge in [0, 0.05) is 24.8 Å². The first-order valence-corrected chi connectivity index (χ1v) is 11.1. The van der Waals surface area contributed by atoms with Crippen molar-refractivity contribution in [1.29, 1.82) is 5.41 Å². The number of hydrogen-bond acceptors (Lipinski definition) is 5. The highest BCUT2D eigenvalue weighted by atomic mass is 19.4. The van der Waals surface area contributed by atoms with Crippen LogP contribution in [0.1, 0.15) is 63.8 Å². The molecule has 0 saturated carbocycles. The number of nitrogens with two attached hydrogens (primary N) is 1. The van der Waals surface area contributed by atoms with Crippen molar-refractivity contribution in [1.82, 2.24) is 9.97 Å². The number of piperidine rings is 1. The highest BCUT2D eigenvalue weighted by Gasteiger charge is 2.41. The molecule has 1 fully saturated rings. The molecule has 0 radical (unpaired) electrons. The van der Waals surface area contributed by atoms with E-state index in [0.29, 0.717) is 17.7 Å². The molecule has 2 aromatic rings. The predicted octanol–water partition coefficient (Wildman–Crippen LogP) is 5.78. The fourth-order valence-electron chi connectivity index (χ4n) is 4.95. The van der Waals surface area contributed by atoms with Crippen molar-refractivity contribution in [3.63, 3.8) is 0 Å². The molecule has 2 atom stereocenters. The van der Waals surface area contributed by atoms with E-state index in [0.717, 1.165) is 38.4 Å². The Balaban J connectivity index is 2.04. The van der Waals surface area contributed by atoms with Crippen LogP contribution in [0.2, 0.25) is 0 Å². The fourth-order valence-corrected chi connectivity index (χ4v) is 4.95. The van der Waals surface area contributed by atoms with Crippen LogP contribution in [-0.2, 0) is 6.18 Å². The van der Waals surface area contributed by atoms with Gasteiger partial charge in [0.25, 0.3) is 0 Å². The van der Waals surface area contributed by atoms with Gasteiger partial charge in [-0.05, 0) is 60.8 Å². The number of aromatic nitrogens is 2. The number of nitrogens with zero attached hydrogens (tertiary/aromatic N) is 3. The summed E-state index contributed by atoms with van der Waals surface area (Å²) >= 11 is 0. The summed E-state index contributed by atoms with van der Waals surface area (Å²) < 4.78 is 41.3. The van der Waals surface area contributed by atoms with E-state index < -0.39 is 17.4 Å². The van der Waals surface area contributed by atoms with Crippen LogP contribution in [0.3, 0.4) is 0 Å². The molecule has 0 aliphatic carbocycles. The monoisotopic (exact) mass is 447 g/mol. The van der Waals surface area contributed by atoms with Gasteiger partial charge in [-0.3, -0.25) is 5.41 Å². The quantitative estimate of drug-likeness (QED) is 0.550. The van der Waals surface area contributed by atoms with Gasteiger partial charge in [-0.1, -0.05) is 27.7 Å². The summed E-state index contributed by atoms with van der Waals surface area (Å²) in [6, 6.07) is 5.50. The van der Waals surface area contributed by atoms with Gasteiger partial charge in [-0.25, -0.2) is 9.97 Å². The van der Waals surface area contributed by atoms with E-state index in [4.69, 9.17) is 11.1 Å². The van der Waals surface area contributed by atoms with Crippen molar-refractivity contribution in [2.24, 2.45) is 17.3 Å². The highest BCUT2D eigenvalue weighted by Crippen LogP contribution is 2.44. The van der Waals surface area contributed by atoms with Crippen LogP contribution in [0.5, 0.6) is 0 Å². The summed E-state index contributed by atoms with van der Waals surface area (Å²) in [4.78, 5) is 10.4.